The Balaban J connectivity index is 2.74. The summed E-state index contributed by atoms with van der Waals surface area (Å²) in [4.78, 5) is 11.9. The Morgan fingerprint density at radius 3 is 2.53 bits per heavy atom. The molecule has 3 N–H and O–H groups in total. The second-order valence-corrected chi connectivity index (χ2v) is 5.09. The quantitative estimate of drug-likeness (QED) is 0.808. The zero-order chi connectivity index (χ0) is 14.5. The SMILES string of the molecule is COc1cccc(CC(=O)NCC(C)(C)N)c1OC. The molecule has 0 aliphatic rings. The highest BCUT2D eigenvalue weighted by atomic mass is 16.5. The summed E-state index contributed by atoms with van der Waals surface area (Å²) in [6.07, 6.45) is 0.233. The molecule has 0 saturated carbocycles. The van der Waals surface area contributed by atoms with Gasteiger partial charge in [0.05, 0.1) is 20.6 Å². The van der Waals surface area contributed by atoms with Crippen LogP contribution in [0.15, 0.2) is 18.2 Å². The summed E-state index contributed by atoms with van der Waals surface area (Å²) in [6, 6.07) is 5.47. The van der Waals surface area contributed by atoms with E-state index >= 15 is 0 Å². The molecule has 1 amide bonds. The molecule has 5 heteroatoms. The van der Waals surface area contributed by atoms with Gasteiger partial charge in [0.1, 0.15) is 0 Å². The van der Waals surface area contributed by atoms with Gasteiger partial charge in [0.25, 0.3) is 0 Å². The van der Waals surface area contributed by atoms with E-state index in [1.807, 2.05) is 26.0 Å². The van der Waals surface area contributed by atoms with Gasteiger partial charge >= 0.3 is 0 Å². The van der Waals surface area contributed by atoms with Crippen LogP contribution < -0.4 is 20.5 Å². The number of nitrogens with one attached hydrogen (secondary N) is 1. The zero-order valence-electron chi connectivity index (χ0n) is 11.9. The van der Waals surface area contributed by atoms with Crippen LogP contribution in [0.1, 0.15) is 19.4 Å². The predicted molar refractivity (Wildman–Crippen MR) is 74.5 cm³/mol. The van der Waals surface area contributed by atoms with Crippen LogP contribution in [0.3, 0.4) is 0 Å². The van der Waals surface area contributed by atoms with Crippen molar-refractivity contribution in [1.82, 2.24) is 5.32 Å². The largest absolute Gasteiger partial charge is 0.493 e. The molecule has 0 saturated heterocycles. The standard InChI is InChI=1S/C14H22N2O3/c1-14(2,15)9-16-12(17)8-10-6-5-7-11(18-3)13(10)19-4/h5-7H,8-9,15H2,1-4H3,(H,16,17). The number of methoxy groups -OCH3 is 2. The molecule has 106 valence electrons. The molecule has 0 fully saturated rings. The van der Waals surface area contributed by atoms with Crippen molar-refractivity contribution in [3.63, 3.8) is 0 Å². The highest BCUT2D eigenvalue weighted by Crippen LogP contribution is 2.30. The third-order valence-corrected chi connectivity index (χ3v) is 2.58. The van der Waals surface area contributed by atoms with E-state index in [1.165, 1.54) is 0 Å². The second-order valence-electron chi connectivity index (χ2n) is 5.09. The fourth-order valence-corrected chi connectivity index (χ4v) is 1.65. The number of rotatable bonds is 6. The predicted octanol–water partition coefficient (Wildman–Crippen LogP) is 1.10. The summed E-state index contributed by atoms with van der Waals surface area (Å²) in [6.45, 7) is 4.15. The summed E-state index contributed by atoms with van der Waals surface area (Å²) in [5.74, 6) is 1.11. The van der Waals surface area contributed by atoms with Gasteiger partial charge in [0, 0.05) is 17.6 Å². The van der Waals surface area contributed by atoms with Crippen LogP contribution in [0.5, 0.6) is 11.5 Å². The first-order valence-corrected chi connectivity index (χ1v) is 6.13. The molecule has 5 nitrogen and oxygen atoms in total. The van der Waals surface area contributed by atoms with Gasteiger partial charge < -0.3 is 20.5 Å². The van der Waals surface area contributed by atoms with Crippen LogP contribution in [0.2, 0.25) is 0 Å². The number of hydrogen-bond donors (Lipinski definition) is 2. The fraction of sp³-hybridized carbons (Fsp3) is 0.500. The minimum atomic E-state index is -0.422. The van der Waals surface area contributed by atoms with Gasteiger partial charge in [-0.25, -0.2) is 0 Å². The van der Waals surface area contributed by atoms with E-state index in [0.29, 0.717) is 18.0 Å². The molecule has 0 aliphatic carbocycles. The molecular weight excluding hydrogens is 244 g/mol. The molecule has 0 bridgehead atoms. The lowest BCUT2D eigenvalue weighted by atomic mass is 10.1. The molecule has 1 aromatic carbocycles. The van der Waals surface area contributed by atoms with Crippen molar-refractivity contribution in [3.05, 3.63) is 23.8 Å². The van der Waals surface area contributed by atoms with E-state index in [1.54, 1.807) is 20.3 Å². The lowest BCUT2D eigenvalue weighted by Crippen LogP contribution is -2.45. The van der Waals surface area contributed by atoms with Crippen molar-refractivity contribution in [3.8, 4) is 11.5 Å². The maximum Gasteiger partial charge on any atom is 0.224 e. The number of nitrogens with two attached hydrogens (primary N) is 1. The molecule has 1 aromatic rings. The molecule has 0 aliphatic heterocycles. The van der Waals surface area contributed by atoms with Crippen LogP contribution in [-0.2, 0) is 11.2 Å². The summed E-state index contributed by atoms with van der Waals surface area (Å²) in [5.41, 5.74) is 6.18. The summed E-state index contributed by atoms with van der Waals surface area (Å²) in [7, 11) is 3.13. The smallest absolute Gasteiger partial charge is 0.224 e. The first kappa shape index (κ1) is 15.3. The number of para-hydroxylation sites is 1. The molecule has 1 rings (SSSR count). The van der Waals surface area contributed by atoms with Gasteiger partial charge in [-0.3, -0.25) is 4.79 Å². The number of ether oxygens (including phenoxy) is 2. The van der Waals surface area contributed by atoms with Crippen molar-refractivity contribution >= 4 is 5.91 Å². The maximum absolute atomic E-state index is 11.9. The van der Waals surface area contributed by atoms with Crippen molar-refractivity contribution < 1.29 is 14.3 Å². The monoisotopic (exact) mass is 266 g/mol. The molecule has 19 heavy (non-hydrogen) atoms. The third-order valence-electron chi connectivity index (χ3n) is 2.58. The minimum Gasteiger partial charge on any atom is -0.493 e. The lowest BCUT2D eigenvalue weighted by molar-refractivity contribution is -0.120. The van der Waals surface area contributed by atoms with E-state index in [9.17, 15) is 4.79 Å². The second kappa shape index (κ2) is 6.43. The molecule has 0 atom stereocenters. The lowest BCUT2D eigenvalue weighted by Gasteiger charge is -2.19. The number of hydrogen-bond acceptors (Lipinski definition) is 4. The number of benzene rings is 1. The molecule has 0 radical (unpaired) electrons. The van der Waals surface area contributed by atoms with Crippen molar-refractivity contribution in [2.45, 2.75) is 25.8 Å². The Kier molecular flexibility index (Phi) is 5.18. The van der Waals surface area contributed by atoms with Gasteiger partial charge in [-0.15, -0.1) is 0 Å². The average molecular weight is 266 g/mol. The van der Waals surface area contributed by atoms with Gasteiger partial charge in [0.2, 0.25) is 5.91 Å². The first-order chi connectivity index (χ1) is 8.87. The van der Waals surface area contributed by atoms with Gasteiger partial charge in [-0.05, 0) is 19.9 Å². The number of carbonyl (C=O) groups excluding carboxylic acids is 1. The first-order valence-electron chi connectivity index (χ1n) is 6.13. The van der Waals surface area contributed by atoms with E-state index < -0.39 is 5.54 Å². The van der Waals surface area contributed by atoms with Crippen LogP contribution in [-0.4, -0.2) is 32.2 Å². The Labute approximate surface area is 114 Å². The van der Waals surface area contributed by atoms with Gasteiger partial charge in [-0.1, -0.05) is 12.1 Å². The molecule has 0 heterocycles. The van der Waals surface area contributed by atoms with Gasteiger partial charge in [-0.2, -0.15) is 0 Å². The summed E-state index contributed by atoms with van der Waals surface area (Å²) in [5, 5.41) is 2.80. The Bertz CT molecular complexity index is 439. The van der Waals surface area contributed by atoms with E-state index in [4.69, 9.17) is 15.2 Å². The van der Waals surface area contributed by atoms with Crippen LogP contribution in [0.4, 0.5) is 0 Å². The van der Waals surface area contributed by atoms with Crippen LogP contribution in [0.25, 0.3) is 0 Å². The van der Waals surface area contributed by atoms with Crippen LogP contribution >= 0.6 is 0 Å². The fourth-order valence-electron chi connectivity index (χ4n) is 1.65. The molecular formula is C14H22N2O3. The van der Waals surface area contributed by atoms with Gasteiger partial charge in [0.15, 0.2) is 11.5 Å². The van der Waals surface area contributed by atoms with Crippen molar-refractivity contribution in [1.29, 1.82) is 0 Å². The Morgan fingerprint density at radius 2 is 2.00 bits per heavy atom. The maximum atomic E-state index is 11.9. The molecule has 0 aromatic heterocycles. The minimum absolute atomic E-state index is 0.0925. The van der Waals surface area contributed by atoms with Crippen molar-refractivity contribution in [2.75, 3.05) is 20.8 Å². The average Bonchev–Trinajstić information content (AvgIpc) is 2.35. The van der Waals surface area contributed by atoms with Crippen molar-refractivity contribution in [2.24, 2.45) is 5.73 Å². The Morgan fingerprint density at radius 1 is 1.32 bits per heavy atom. The summed E-state index contributed by atoms with van der Waals surface area (Å²) < 4.78 is 10.5. The summed E-state index contributed by atoms with van der Waals surface area (Å²) >= 11 is 0. The highest BCUT2D eigenvalue weighted by molar-refractivity contribution is 5.79. The zero-order valence-corrected chi connectivity index (χ0v) is 11.9. The van der Waals surface area contributed by atoms with E-state index in [2.05, 4.69) is 5.32 Å². The molecule has 0 unspecified atom stereocenters. The van der Waals surface area contributed by atoms with E-state index in [0.717, 1.165) is 5.56 Å². The number of amides is 1. The topological polar surface area (TPSA) is 73.6 Å². The van der Waals surface area contributed by atoms with E-state index in [-0.39, 0.29) is 12.3 Å². The third kappa shape index (κ3) is 4.79. The van der Waals surface area contributed by atoms with Crippen LogP contribution in [0, 0.1) is 0 Å². The number of carbonyl (C=O) groups is 1. The normalized spacial score (nSPS) is 11.0. The Hall–Kier alpha value is -1.75. The molecule has 0 spiro atoms. The highest BCUT2D eigenvalue weighted by Gasteiger charge is 2.15.